The maximum Gasteiger partial charge on any atom is 0.334 e. The van der Waals surface area contributed by atoms with E-state index in [0.717, 1.165) is 11.1 Å². The molecule has 0 radical (unpaired) electrons. The van der Waals surface area contributed by atoms with Crippen LogP contribution in [0.4, 0.5) is 0 Å². The van der Waals surface area contributed by atoms with Crippen molar-refractivity contribution in [3.63, 3.8) is 0 Å². The Hall–Kier alpha value is -1.87. The predicted octanol–water partition coefficient (Wildman–Crippen LogP) is 2.49. The number of esters is 1. The van der Waals surface area contributed by atoms with Crippen LogP contribution >= 0.6 is 0 Å². The molecule has 1 fully saturated rings. The van der Waals surface area contributed by atoms with Crippen molar-refractivity contribution in [3.05, 3.63) is 59.7 Å². The summed E-state index contributed by atoms with van der Waals surface area (Å²) in [5.74, 6) is 0.214. The number of benzene rings is 1. The van der Waals surface area contributed by atoms with Gasteiger partial charge < -0.3 is 9.47 Å². The van der Waals surface area contributed by atoms with Gasteiger partial charge in [-0.2, -0.15) is 0 Å². The van der Waals surface area contributed by atoms with Crippen molar-refractivity contribution in [2.75, 3.05) is 13.2 Å². The number of hydrogen-bond acceptors (Lipinski definition) is 3. The second kappa shape index (κ2) is 5.41. The van der Waals surface area contributed by atoms with E-state index in [1.807, 2.05) is 42.5 Å². The summed E-state index contributed by atoms with van der Waals surface area (Å²) in [6, 6.07) is 10.1. The molecule has 0 bridgehead atoms. The van der Waals surface area contributed by atoms with Crippen LogP contribution in [0.1, 0.15) is 5.56 Å². The van der Waals surface area contributed by atoms with Gasteiger partial charge in [0.2, 0.25) is 0 Å². The van der Waals surface area contributed by atoms with Crippen molar-refractivity contribution < 1.29 is 14.3 Å². The zero-order valence-electron chi connectivity index (χ0n) is 10.6. The van der Waals surface area contributed by atoms with Crippen LogP contribution < -0.4 is 0 Å². The molecular weight excluding hydrogens is 240 g/mol. The zero-order chi connectivity index (χ0) is 13.1. The maximum absolute atomic E-state index is 11.5. The SMILES string of the molecule is O=C1OC[C@@H]2C1=CC=C[C@H]2COCc1ccccc1. The highest BCUT2D eigenvalue weighted by Gasteiger charge is 2.36. The molecule has 2 atom stereocenters. The van der Waals surface area contributed by atoms with Gasteiger partial charge in [0, 0.05) is 17.4 Å². The van der Waals surface area contributed by atoms with E-state index in [-0.39, 0.29) is 17.8 Å². The molecule has 0 spiro atoms. The number of cyclic esters (lactones) is 1. The Morgan fingerprint density at radius 3 is 2.95 bits per heavy atom. The van der Waals surface area contributed by atoms with E-state index in [4.69, 9.17) is 9.47 Å². The van der Waals surface area contributed by atoms with Gasteiger partial charge in [0.15, 0.2) is 0 Å². The first-order chi connectivity index (χ1) is 9.34. The predicted molar refractivity (Wildman–Crippen MR) is 71.3 cm³/mol. The second-order valence-electron chi connectivity index (χ2n) is 4.88. The molecule has 1 heterocycles. The minimum atomic E-state index is -0.178. The van der Waals surface area contributed by atoms with E-state index in [9.17, 15) is 4.79 Å². The quantitative estimate of drug-likeness (QED) is 0.776. The molecule has 1 saturated heterocycles. The van der Waals surface area contributed by atoms with Gasteiger partial charge in [0.25, 0.3) is 0 Å². The van der Waals surface area contributed by atoms with E-state index in [2.05, 4.69) is 6.08 Å². The standard InChI is InChI=1S/C16H16O3/c17-16-14-8-4-7-13(15(14)11-19-16)10-18-9-12-5-2-1-3-6-12/h1-8,13,15H,9-11H2/t13-,15-/m0/s1. The molecule has 0 amide bonds. The van der Waals surface area contributed by atoms with Gasteiger partial charge in [-0.1, -0.05) is 48.6 Å². The Bertz CT molecular complexity index is 516. The Balaban J connectivity index is 1.55. The summed E-state index contributed by atoms with van der Waals surface area (Å²) in [5.41, 5.74) is 1.95. The molecule has 0 aromatic heterocycles. The molecule has 98 valence electrons. The molecule has 1 aliphatic carbocycles. The van der Waals surface area contributed by atoms with Crippen LogP contribution in [0, 0.1) is 11.8 Å². The van der Waals surface area contributed by atoms with Crippen LogP contribution in [0.5, 0.6) is 0 Å². The van der Waals surface area contributed by atoms with Crippen molar-refractivity contribution in [1.82, 2.24) is 0 Å². The molecule has 1 aromatic carbocycles. The number of ether oxygens (including phenoxy) is 2. The van der Waals surface area contributed by atoms with Gasteiger partial charge in [-0.15, -0.1) is 0 Å². The van der Waals surface area contributed by atoms with Gasteiger partial charge in [0.05, 0.1) is 19.8 Å². The molecule has 3 nitrogen and oxygen atoms in total. The third kappa shape index (κ3) is 2.61. The smallest absolute Gasteiger partial charge is 0.334 e. The average Bonchev–Trinajstić information content (AvgIpc) is 2.83. The fourth-order valence-corrected chi connectivity index (χ4v) is 2.53. The summed E-state index contributed by atoms with van der Waals surface area (Å²) in [4.78, 5) is 11.5. The third-order valence-electron chi connectivity index (χ3n) is 3.60. The van der Waals surface area contributed by atoms with Crippen molar-refractivity contribution >= 4 is 5.97 Å². The Morgan fingerprint density at radius 2 is 2.11 bits per heavy atom. The van der Waals surface area contributed by atoms with Crippen LogP contribution in [0.25, 0.3) is 0 Å². The lowest BCUT2D eigenvalue weighted by atomic mass is 9.84. The lowest BCUT2D eigenvalue weighted by Gasteiger charge is -2.21. The topological polar surface area (TPSA) is 35.5 Å². The molecule has 1 aromatic rings. The summed E-state index contributed by atoms with van der Waals surface area (Å²) < 4.78 is 10.8. The van der Waals surface area contributed by atoms with E-state index in [1.165, 1.54) is 0 Å². The maximum atomic E-state index is 11.5. The van der Waals surface area contributed by atoms with Crippen LogP contribution in [0.2, 0.25) is 0 Å². The van der Waals surface area contributed by atoms with E-state index in [0.29, 0.717) is 19.8 Å². The zero-order valence-corrected chi connectivity index (χ0v) is 10.6. The Labute approximate surface area is 112 Å². The molecule has 0 N–H and O–H groups in total. The summed E-state index contributed by atoms with van der Waals surface area (Å²) in [6.07, 6.45) is 5.88. The number of hydrogen-bond donors (Lipinski definition) is 0. The lowest BCUT2D eigenvalue weighted by molar-refractivity contribution is -0.135. The fraction of sp³-hybridized carbons (Fsp3) is 0.312. The van der Waals surface area contributed by atoms with Crippen LogP contribution in [-0.4, -0.2) is 19.2 Å². The summed E-state index contributed by atoms with van der Waals surface area (Å²) >= 11 is 0. The monoisotopic (exact) mass is 256 g/mol. The first-order valence-electron chi connectivity index (χ1n) is 6.52. The molecule has 3 rings (SSSR count). The van der Waals surface area contributed by atoms with Gasteiger partial charge in [-0.3, -0.25) is 0 Å². The van der Waals surface area contributed by atoms with Crippen molar-refractivity contribution in [1.29, 1.82) is 0 Å². The molecule has 0 saturated carbocycles. The second-order valence-corrected chi connectivity index (χ2v) is 4.88. The highest BCUT2D eigenvalue weighted by Crippen LogP contribution is 2.32. The lowest BCUT2D eigenvalue weighted by Crippen LogP contribution is -2.22. The van der Waals surface area contributed by atoms with Crippen molar-refractivity contribution in [2.45, 2.75) is 6.61 Å². The Kier molecular flexibility index (Phi) is 3.47. The molecule has 2 aliphatic rings. The molecule has 19 heavy (non-hydrogen) atoms. The van der Waals surface area contributed by atoms with Gasteiger partial charge in [-0.25, -0.2) is 4.79 Å². The largest absolute Gasteiger partial charge is 0.462 e. The van der Waals surface area contributed by atoms with Gasteiger partial charge in [-0.05, 0) is 5.56 Å². The van der Waals surface area contributed by atoms with E-state index in [1.54, 1.807) is 0 Å². The third-order valence-corrected chi connectivity index (χ3v) is 3.60. The average molecular weight is 256 g/mol. The summed E-state index contributed by atoms with van der Waals surface area (Å²) in [5, 5.41) is 0. The molecular formula is C16H16O3. The Morgan fingerprint density at radius 1 is 1.26 bits per heavy atom. The molecule has 1 aliphatic heterocycles. The highest BCUT2D eigenvalue weighted by molar-refractivity contribution is 5.91. The number of carbonyl (C=O) groups is 1. The minimum absolute atomic E-state index is 0.160. The molecule has 0 unspecified atom stereocenters. The van der Waals surface area contributed by atoms with E-state index >= 15 is 0 Å². The first-order valence-corrected chi connectivity index (χ1v) is 6.52. The van der Waals surface area contributed by atoms with Crippen molar-refractivity contribution in [2.24, 2.45) is 11.8 Å². The van der Waals surface area contributed by atoms with Gasteiger partial charge in [0.1, 0.15) is 0 Å². The number of fused-ring (bicyclic) bond motifs is 1. The normalized spacial score (nSPS) is 24.8. The van der Waals surface area contributed by atoms with Crippen LogP contribution in [0.15, 0.2) is 54.1 Å². The minimum Gasteiger partial charge on any atom is -0.462 e. The number of allylic oxidation sites excluding steroid dienone is 2. The van der Waals surface area contributed by atoms with Crippen molar-refractivity contribution in [3.8, 4) is 0 Å². The van der Waals surface area contributed by atoms with Crippen LogP contribution in [-0.2, 0) is 20.9 Å². The first kappa shape index (κ1) is 12.2. The number of rotatable bonds is 4. The van der Waals surface area contributed by atoms with Gasteiger partial charge >= 0.3 is 5.97 Å². The summed E-state index contributed by atoms with van der Waals surface area (Å²) in [6.45, 7) is 1.70. The number of carbonyl (C=O) groups excluding carboxylic acids is 1. The molecule has 3 heteroatoms. The van der Waals surface area contributed by atoms with E-state index < -0.39 is 0 Å². The fourth-order valence-electron chi connectivity index (χ4n) is 2.53. The summed E-state index contributed by atoms with van der Waals surface area (Å²) in [7, 11) is 0. The highest BCUT2D eigenvalue weighted by atomic mass is 16.5. The van der Waals surface area contributed by atoms with Crippen LogP contribution in [0.3, 0.4) is 0 Å².